The molecule has 3 N–H and O–H groups in total. The lowest BCUT2D eigenvalue weighted by atomic mass is 10.2. The summed E-state index contributed by atoms with van der Waals surface area (Å²) in [5.74, 6) is 0.892. The van der Waals surface area contributed by atoms with Crippen molar-refractivity contribution in [3.8, 4) is 11.5 Å². The van der Waals surface area contributed by atoms with Gasteiger partial charge in [0.1, 0.15) is 6.61 Å². The second-order valence-electron chi connectivity index (χ2n) is 5.24. The number of fused-ring (bicyclic) bond motifs is 1. The molecule has 1 aromatic rings. The summed E-state index contributed by atoms with van der Waals surface area (Å²) < 4.78 is 15.8. The van der Waals surface area contributed by atoms with Crippen molar-refractivity contribution in [2.75, 3.05) is 24.5 Å². The third-order valence-corrected chi connectivity index (χ3v) is 2.46. The summed E-state index contributed by atoms with van der Waals surface area (Å²) >= 11 is 0. The molecule has 0 aliphatic carbocycles. The van der Waals surface area contributed by atoms with E-state index in [-0.39, 0.29) is 24.9 Å². The molecule has 6 nitrogen and oxygen atoms in total. The molecular formula is C13H18N2O4. The van der Waals surface area contributed by atoms with Crippen molar-refractivity contribution in [1.82, 2.24) is 0 Å². The summed E-state index contributed by atoms with van der Waals surface area (Å²) in [5.41, 5.74) is 6.39. The molecule has 0 radical (unpaired) electrons. The topological polar surface area (TPSA) is 82.8 Å². The molecule has 6 heteroatoms. The number of ether oxygens (including phenoxy) is 3. The van der Waals surface area contributed by atoms with Gasteiger partial charge in [0, 0.05) is 12.1 Å². The number of amides is 1. The van der Waals surface area contributed by atoms with Crippen LogP contribution in [0.4, 0.5) is 11.4 Å². The molecular weight excluding hydrogens is 248 g/mol. The average molecular weight is 266 g/mol. The third-order valence-electron chi connectivity index (χ3n) is 2.46. The van der Waals surface area contributed by atoms with Crippen LogP contribution in [-0.4, -0.2) is 24.9 Å². The summed E-state index contributed by atoms with van der Waals surface area (Å²) in [6.07, 6.45) is 0. The molecule has 2 rings (SSSR count). The van der Waals surface area contributed by atoms with Gasteiger partial charge in [-0.1, -0.05) is 0 Å². The van der Waals surface area contributed by atoms with Crippen LogP contribution in [0.15, 0.2) is 12.1 Å². The van der Waals surface area contributed by atoms with E-state index in [2.05, 4.69) is 5.32 Å². The first-order valence-electron chi connectivity index (χ1n) is 5.98. The molecule has 0 aromatic heterocycles. The highest BCUT2D eigenvalue weighted by Crippen LogP contribution is 2.38. The van der Waals surface area contributed by atoms with Gasteiger partial charge in [-0.05, 0) is 20.8 Å². The lowest BCUT2D eigenvalue weighted by Gasteiger charge is -2.19. The summed E-state index contributed by atoms with van der Waals surface area (Å²) in [7, 11) is 0. The van der Waals surface area contributed by atoms with E-state index in [1.165, 1.54) is 0 Å². The van der Waals surface area contributed by atoms with E-state index in [0.29, 0.717) is 22.9 Å². The van der Waals surface area contributed by atoms with Crippen LogP contribution >= 0.6 is 0 Å². The van der Waals surface area contributed by atoms with Crippen LogP contribution in [0.3, 0.4) is 0 Å². The molecule has 1 aliphatic heterocycles. The fourth-order valence-electron chi connectivity index (χ4n) is 1.53. The number of hydrogen-bond acceptors (Lipinski definition) is 5. The number of anilines is 2. The first-order valence-corrected chi connectivity index (χ1v) is 5.98. The van der Waals surface area contributed by atoms with Crippen LogP contribution in [0.5, 0.6) is 11.5 Å². The van der Waals surface area contributed by atoms with E-state index in [1.54, 1.807) is 12.1 Å². The minimum Gasteiger partial charge on any atom is -0.454 e. The quantitative estimate of drug-likeness (QED) is 0.814. The highest BCUT2D eigenvalue weighted by atomic mass is 16.7. The van der Waals surface area contributed by atoms with E-state index in [1.807, 2.05) is 20.8 Å². The second kappa shape index (κ2) is 4.97. The van der Waals surface area contributed by atoms with Crippen molar-refractivity contribution in [2.24, 2.45) is 0 Å². The summed E-state index contributed by atoms with van der Waals surface area (Å²) in [6.45, 7) is 5.79. The first kappa shape index (κ1) is 13.5. The molecule has 104 valence electrons. The maximum Gasteiger partial charge on any atom is 0.250 e. The molecule has 0 saturated carbocycles. The molecule has 0 saturated heterocycles. The van der Waals surface area contributed by atoms with Gasteiger partial charge in [0.05, 0.1) is 17.0 Å². The van der Waals surface area contributed by atoms with Gasteiger partial charge in [-0.15, -0.1) is 0 Å². The number of nitrogens with two attached hydrogens (primary N) is 1. The standard InChI is InChI=1S/C13H18N2O4/c1-13(2,3)19-6-12(16)15-9-5-11-10(4-8(9)14)17-7-18-11/h4-5H,6-7,14H2,1-3H3,(H,15,16). The average Bonchev–Trinajstić information content (AvgIpc) is 2.73. The molecule has 19 heavy (non-hydrogen) atoms. The Hall–Kier alpha value is -1.95. The van der Waals surface area contributed by atoms with Crippen LogP contribution in [-0.2, 0) is 9.53 Å². The van der Waals surface area contributed by atoms with E-state index >= 15 is 0 Å². The molecule has 0 bridgehead atoms. The number of carbonyl (C=O) groups is 1. The van der Waals surface area contributed by atoms with Gasteiger partial charge < -0.3 is 25.3 Å². The van der Waals surface area contributed by atoms with Gasteiger partial charge in [0.25, 0.3) is 0 Å². The number of carbonyl (C=O) groups excluding carboxylic acids is 1. The Morgan fingerprint density at radius 3 is 2.63 bits per heavy atom. The Morgan fingerprint density at radius 2 is 2.00 bits per heavy atom. The zero-order valence-electron chi connectivity index (χ0n) is 11.3. The lowest BCUT2D eigenvalue weighted by Crippen LogP contribution is -2.27. The van der Waals surface area contributed by atoms with Crippen LogP contribution in [0.2, 0.25) is 0 Å². The largest absolute Gasteiger partial charge is 0.454 e. The van der Waals surface area contributed by atoms with Crippen LogP contribution < -0.4 is 20.5 Å². The van der Waals surface area contributed by atoms with Crippen molar-refractivity contribution in [3.63, 3.8) is 0 Å². The molecule has 1 heterocycles. The summed E-state index contributed by atoms with van der Waals surface area (Å²) in [5, 5.41) is 2.69. The minimum absolute atomic E-state index is 0.0304. The molecule has 1 aliphatic rings. The van der Waals surface area contributed by atoms with Crippen molar-refractivity contribution in [2.45, 2.75) is 26.4 Å². The molecule has 0 spiro atoms. The number of hydrogen-bond donors (Lipinski definition) is 2. The van der Waals surface area contributed by atoms with Crippen molar-refractivity contribution in [3.05, 3.63) is 12.1 Å². The zero-order valence-corrected chi connectivity index (χ0v) is 11.3. The molecule has 0 fully saturated rings. The normalized spacial score (nSPS) is 13.4. The predicted octanol–water partition coefficient (Wildman–Crippen LogP) is 1.75. The Bertz CT molecular complexity index is 494. The van der Waals surface area contributed by atoms with Crippen molar-refractivity contribution >= 4 is 17.3 Å². The highest BCUT2D eigenvalue weighted by molar-refractivity contribution is 5.95. The van der Waals surface area contributed by atoms with Crippen LogP contribution in [0.1, 0.15) is 20.8 Å². The van der Waals surface area contributed by atoms with Crippen LogP contribution in [0.25, 0.3) is 0 Å². The number of benzene rings is 1. The highest BCUT2D eigenvalue weighted by Gasteiger charge is 2.18. The van der Waals surface area contributed by atoms with Gasteiger partial charge in [-0.25, -0.2) is 0 Å². The zero-order chi connectivity index (χ0) is 14.0. The Kier molecular flexibility index (Phi) is 3.53. The fourth-order valence-corrected chi connectivity index (χ4v) is 1.53. The van der Waals surface area contributed by atoms with E-state index < -0.39 is 0 Å². The summed E-state index contributed by atoms with van der Waals surface area (Å²) in [6, 6.07) is 3.27. The van der Waals surface area contributed by atoms with E-state index in [0.717, 1.165) is 0 Å². The Balaban J connectivity index is 2.01. The molecule has 0 unspecified atom stereocenters. The van der Waals surface area contributed by atoms with E-state index in [9.17, 15) is 4.79 Å². The molecule has 1 aromatic carbocycles. The van der Waals surface area contributed by atoms with Gasteiger partial charge in [0.15, 0.2) is 11.5 Å². The second-order valence-corrected chi connectivity index (χ2v) is 5.24. The number of nitrogen functional groups attached to an aromatic ring is 1. The van der Waals surface area contributed by atoms with Gasteiger partial charge in [0.2, 0.25) is 12.7 Å². The van der Waals surface area contributed by atoms with Gasteiger partial charge in [-0.3, -0.25) is 4.79 Å². The van der Waals surface area contributed by atoms with Crippen LogP contribution in [0, 0.1) is 0 Å². The molecule has 1 amide bonds. The minimum atomic E-state index is -0.363. The van der Waals surface area contributed by atoms with E-state index in [4.69, 9.17) is 19.9 Å². The Morgan fingerprint density at radius 1 is 1.37 bits per heavy atom. The van der Waals surface area contributed by atoms with Crippen molar-refractivity contribution < 1.29 is 19.0 Å². The fraction of sp³-hybridized carbons (Fsp3) is 0.462. The molecule has 0 atom stereocenters. The van der Waals surface area contributed by atoms with Crippen molar-refractivity contribution in [1.29, 1.82) is 0 Å². The predicted molar refractivity (Wildman–Crippen MR) is 71.3 cm³/mol. The monoisotopic (exact) mass is 266 g/mol. The number of rotatable bonds is 3. The SMILES string of the molecule is CC(C)(C)OCC(=O)Nc1cc2c(cc1N)OCO2. The number of nitrogens with one attached hydrogen (secondary N) is 1. The first-order chi connectivity index (χ1) is 8.85. The summed E-state index contributed by atoms with van der Waals surface area (Å²) in [4.78, 5) is 11.7. The lowest BCUT2D eigenvalue weighted by molar-refractivity contribution is -0.125. The third kappa shape index (κ3) is 3.51. The van der Waals surface area contributed by atoms with Gasteiger partial charge >= 0.3 is 0 Å². The maximum absolute atomic E-state index is 11.7. The van der Waals surface area contributed by atoms with Gasteiger partial charge in [-0.2, -0.15) is 0 Å². The maximum atomic E-state index is 11.7. The Labute approximate surface area is 111 Å². The smallest absolute Gasteiger partial charge is 0.250 e.